The number of aryl methyl sites for hydroxylation is 2. The molecule has 1 N–H and O–H groups in total. The summed E-state index contributed by atoms with van der Waals surface area (Å²) < 4.78 is 2.02. The molecule has 0 atom stereocenters. The molecule has 0 fully saturated rings. The highest BCUT2D eigenvalue weighted by molar-refractivity contribution is 7.98. The number of rotatable bonds is 2. The quantitative estimate of drug-likeness (QED) is 0.726. The van der Waals surface area contributed by atoms with E-state index >= 15 is 0 Å². The monoisotopic (exact) mass is 370 g/mol. The van der Waals surface area contributed by atoms with E-state index < -0.39 is 0 Å². The van der Waals surface area contributed by atoms with Gasteiger partial charge >= 0.3 is 0 Å². The van der Waals surface area contributed by atoms with Gasteiger partial charge in [-0.05, 0) is 44.2 Å². The Labute approximate surface area is 154 Å². The van der Waals surface area contributed by atoms with Gasteiger partial charge < -0.3 is 5.32 Å². The molecule has 7 heteroatoms. The zero-order chi connectivity index (χ0) is 17.6. The number of amides is 1. The van der Waals surface area contributed by atoms with Crippen molar-refractivity contribution in [1.29, 1.82) is 0 Å². The third-order valence-corrected chi connectivity index (χ3v) is 5.35. The number of nitrogens with one attached hydrogen (secondary N) is 1. The van der Waals surface area contributed by atoms with Crippen molar-refractivity contribution in [3.63, 3.8) is 0 Å². The van der Waals surface area contributed by atoms with E-state index in [1.54, 1.807) is 24.0 Å². The van der Waals surface area contributed by atoms with E-state index in [0.717, 1.165) is 27.8 Å². The van der Waals surface area contributed by atoms with Crippen molar-refractivity contribution in [2.45, 2.75) is 24.5 Å². The van der Waals surface area contributed by atoms with Crippen LogP contribution < -0.4 is 5.32 Å². The number of thioether (sulfide) groups is 1. The second-order valence-electron chi connectivity index (χ2n) is 5.83. The lowest BCUT2D eigenvalue weighted by Gasteiger charge is -2.20. The molecular weight excluding hydrogens is 356 g/mol. The fraction of sp³-hybridized carbons (Fsp3) is 0.167. The van der Waals surface area contributed by atoms with Crippen molar-refractivity contribution in [1.82, 2.24) is 14.5 Å². The molecule has 2 aromatic heterocycles. The van der Waals surface area contributed by atoms with Crippen LogP contribution in [0.1, 0.15) is 27.7 Å². The summed E-state index contributed by atoms with van der Waals surface area (Å²) in [6.45, 7) is 3.78. The highest BCUT2D eigenvalue weighted by atomic mass is 35.5. The van der Waals surface area contributed by atoms with Crippen LogP contribution in [0.4, 0.5) is 5.69 Å². The van der Waals surface area contributed by atoms with Gasteiger partial charge in [-0.25, -0.2) is 4.98 Å². The van der Waals surface area contributed by atoms with E-state index in [9.17, 15) is 4.79 Å². The van der Waals surface area contributed by atoms with Crippen LogP contribution in [0.15, 0.2) is 41.4 Å². The van der Waals surface area contributed by atoms with Gasteiger partial charge in [0.25, 0.3) is 5.91 Å². The summed E-state index contributed by atoms with van der Waals surface area (Å²) in [7, 11) is 0. The Bertz CT molecular complexity index is 999. The molecule has 25 heavy (non-hydrogen) atoms. The topological polar surface area (TPSA) is 59.8 Å². The minimum absolute atomic E-state index is 0.214. The van der Waals surface area contributed by atoms with Crippen LogP contribution in [0, 0.1) is 13.8 Å². The van der Waals surface area contributed by atoms with E-state index in [1.807, 2.05) is 42.7 Å². The molecule has 0 saturated carbocycles. The predicted molar refractivity (Wildman–Crippen MR) is 99.8 cm³/mol. The average Bonchev–Trinajstić information content (AvgIpc) is 2.92. The number of halogens is 1. The standard InChI is InChI=1S/C18H15ClN4OS/c1-10-7-13(5-6-20-10)22-18(24)17-15-9-25-16-4-3-12(19)8-14(16)23(15)11(2)21-17/h3-8H,9H2,1-2H3,(H,20,22,24). The van der Waals surface area contributed by atoms with Gasteiger partial charge in [0.2, 0.25) is 0 Å². The Morgan fingerprint density at radius 2 is 2.12 bits per heavy atom. The average molecular weight is 371 g/mol. The zero-order valence-corrected chi connectivity index (χ0v) is 15.3. The van der Waals surface area contributed by atoms with Crippen LogP contribution in [0.2, 0.25) is 5.02 Å². The van der Waals surface area contributed by atoms with Crippen LogP contribution in [0.3, 0.4) is 0 Å². The summed E-state index contributed by atoms with van der Waals surface area (Å²) in [6, 6.07) is 9.39. The summed E-state index contributed by atoms with van der Waals surface area (Å²) in [5, 5.41) is 3.57. The molecule has 0 aliphatic carbocycles. The summed E-state index contributed by atoms with van der Waals surface area (Å²) >= 11 is 7.84. The number of hydrogen-bond acceptors (Lipinski definition) is 4. The highest BCUT2D eigenvalue weighted by Crippen LogP contribution is 2.38. The Morgan fingerprint density at radius 3 is 2.92 bits per heavy atom. The SMILES string of the molecule is Cc1cc(NC(=O)c2nc(C)n3c2CSc2ccc(Cl)cc2-3)ccn1. The largest absolute Gasteiger partial charge is 0.320 e. The number of fused-ring (bicyclic) bond motifs is 3. The molecule has 0 radical (unpaired) electrons. The number of carbonyl (C=O) groups excluding carboxylic acids is 1. The van der Waals surface area contributed by atoms with Crippen LogP contribution in [-0.4, -0.2) is 20.4 Å². The fourth-order valence-corrected chi connectivity index (χ4v) is 4.15. The first-order valence-corrected chi connectivity index (χ1v) is 9.14. The number of hydrogen-bond donors (Lipinski definition) is 1. The van der Waals surface area contributed by atoms with Gasteiger partial charge in [-0.15, -0.1) is 11.8 Å². The molecule has 1 amide bonds. The van der Waals surface area contributed by atoms with Crippen molar-refractivity contribution in [2.24, 2.45) is 0 Å². The van der Waals surface area contributed by atoms with Crippen molar-refractivity contribution in [3.8, 4) is 5.69 Å². The molecule has 0 spiro atoms. The Morgan fingerprint density at radius 1 is 1.28 bits per heavy atom. The fourth-order valence-electron chi connectivity index (χ4n) is 2.96. The highest BCUT2D eigenvalue weighted by Gasteiger charge is 2.26. The second kappa shape index (κ2) is 6.20. The molecule has 1 aliphatic heterocycles. The molecule has 1 aliphatic rings. The minimum atomic E-state index is -0.214. The third-order valence-electron chi connectivity index (χ3n) is 4.04. The van der Waals surface area contributed by atoms with Crippen molar-refractivity contribution < 1.29 is 4.79 Å². The molecular formula is C18H15ClN4OS. The lowest BCUT2D eigenvalue weighted by atomic mass is 10.2. The number of aromatic nitrogens is 3. The van der Waals surface area contributed by atoms with Gasteiger partial charge in [0.15, 0.2) is 5.69 Å². The molecule has 126 valence electrons. The molecule has 3 heterocycles. The maximum absolute atomic E-state index is 12.7. The molecule has 0 saturated heterocycles. The van der Waals surface area contributed by atoms with Gasteiger partial charge in [-0.1, -0.05) is 11.6 Å². The van der Waals surface area contributed by atoms with Gasteiger partial charge in [-0.2, -0.15) is 0 Å². The van der Waals surface area contributed by atoms with E-state index in [1.165, 1.54) is 0 Å². The normalized spacial score (nSPS) is 12.4. The smallest absolute Gasteiger partial charge is 0.276 e. The Hall–Kier alpha value is -2.31. The number of benzene rings is 1. The van der Waals surface area contributed by atoms with Crippen LogP contribution >= 0.6 is 23.4 Å². The van der Waals surface area contributed by atoms with Crippen molar-refractivity contribution >= 4 is 35.0 Å². The first kappa shape index (κ1) is 16.2. The Kier molecular flexibility index (Phi) is 4.01. The molecule has 1 aromatic carbocycles. The van der Waals surface area contributed by atoms with E-state index in [-0.39, 0.29) is 5.91 Å². The van der Waals surface area contributed by atoms with E-state index in [4.69, 9.17) is 11.6 Å². The maximum Gasteiger partial charge on any atom is 0.276 e. The van der Waals surface area contributed by atoms with Gasteiger partial charge in [0.05, 0.1) is 11.4 Å². The summed E-state index contributed by atoms with van der Waals surface area (Å²) in [5.41, 5.74) is 3.87. The summed E-state index contributed by atoms with van der Waals surface area (Å²) in [5.74, 6) is 1.25. The van der Waals surface area contributed by atoms with Crippen LogP contribution in [0.5, 0.6) is 0 Å². The summed E-state index contributed by atoms with van der Waals surface area (Å²) in [4.78, 5) is 22.5. The molecule has 0 bridgehead atoms. The summed E-state index contributed by atoms with van der Waals surface area (Å²) in [6.07, 6.45) is 1.67. The predicted octanol–water partition coefficient (Wildman–Crippen LogP) is 4.40. The number of carbonyl (C=O) groups is 1. The third kappa shape index (κ3) is 2.92. The van der Waals surface area contributed by atoms with Gasteiger partial charge in [0.1, 0.15) is 5.82 Å². The van der Waals surface area contributed by atoms with E-state index in [2.05, 4.69) is 15.3 Å². The number of pyridine rings is 1. The molecule has 3 aromatic rings. The van der Waals surface area contributed by atoms with Crippen LogP contribution in [0.25, 0.3) is 5.69 Å². The second-order valence-corrected chi connectivity index (χ2v) is 7.28. The first-order chi connectivity index (χ1) is 12.0. The molecule has 0 unspecified atom stereocenters. The Balaban J connectivity index is 1.74. The minimum Gasteiger partial charge on any atom is -0.320 e. The maximum atomic E-state index is 12.7. The number of nitrogens with zero attached hydrogens (tertiary/aromatic N) is 3. The lowest BCUT2D eigenvalue weighted by molar-refractivity contribution is 0.102. The number of imidazole rings is 1. The lowest BCUT2D eigenvalue weighted by Crippen LogP contribution is -2.16. The van der Waals surface area contributed by atoms with Crippen molar-refractivity contribution in [3.05, 3.63) is 64.5 Å². The van der Waals surface area contributed by atoms with Gasteiger partial charge in [-0.3, -0.25) is 14.3 Å². The number of anilines is 1. The molecule has 4 rings (SSSR count). The zero-order valence-electron chi connectivity index (χ0n) is 13.7. The first-order valence-electron chi connectivity index (χ1n) is 7.78. The van der Waals surface area contributed by atoms with Crippen LogP contribution in [-0.2, 0) is 5.75 Å². The molecule has 5 nitrogen and oxygen atoms in total. The van der Waals surface area contributed by atoms with Gasteiger partial charge in [0, 0.05) is 33.2 Å². The van der Waals surface area contributed by atoms with Crippen molar-refractivity contribution in [2.75, 3.05) is 5.32 Å². The van der Waals surface area contributed by atoms with E-state index in [0.29, 0.717) is 22.2 Å².